The maximum atomic E-state index is 11.9. The predicted molar refractivity (Wildman–Crippen MR) is 71.4 cm³/mol. The third kappa shape index (κ3) is 3.60. The average molecular weight is 280 g/mol. The number of methoxy groups -OCH3 is 2. The summed E-state index contributed by atoms with van der Waals surface area (Å²) in [6.45, 7) is 1.92. The summed E-state index contributed by atoms with van der Waals surface area (Å²) in [5.41, 5.74) is 0. The van der Waals surface area contributed by atoms with Crippen LogP contribution in [0.5, 0.6) is 0 Å². The monoisotopic (exact) mass is 280 g/mol. The van der Waals surface area contributed by atoms with E-state index in [0.717, 1.165) is 0 Å². The molecule has 1 aliphatic carbocycles. The summed E-state index contributed by atoms with van der Waals surface area (Å²) < 4.78 is 9.34. The highest BCUT2D eigenvalue weighted by Gasteiger charge is 2.46. The van der Waals surface area contributed by atoms with Gasteiger partial charge in [-0.2, -0.15) is 0 Å². The number of esters is 2. The van der Waals surface area contributed by atoms with Gasteiger partial charge in [-0.3, -0.25) is 14.4 Å². The minimum absolute atomic E-state index is 0.0539. The van der Waals surface area contributed by atoms with Crippen LogP contribution in [0.2, 0.25) is 0 Å². The fourth-order valence-corrected chi connectivity index (χ4v) is 2.61. The van der Waals surface area contributed by atoms with Gasteiger partial charge >= 0.3 is 11.9 Å². The van der Waals surface area contributed by atoms with E-state index < -0.39 is 23.8 Å². The summed E-state index contributed by atoms with van der Waals surface area (Å²) in [5, 5.41) is 0. The largest absolute Gasteiger partial charge is 0.468 e. The van der Waals surface area contributed by atoms with Gasteiger partial charge in [0.25, 0.3) is 0 Å². The van der Waals surface area contributed by atoms with E-state index in [1.807, 2.05) is 6.92 Å². The van der Waals surface area contributed by atoms with Gasteiger partial charge in [-0.05, 0) is 12.3 Å². The molecule has 0 aromatic rings. The molecule has 1 fully saturated rings. The molecule has 0 amide bonds. The van der Waals surface area contributed by atoms with Crippen LogP contribution < -0.4 is 0 Å². The van der Waals surface area contributed by atoms with Gasteiger partial charge in [0.2, 0.25) is 0 Å². The highest BCUT2D eigenvalue weighted by Crippen LogP contribution is 2.37. The van der Waals surface area contributed by atoms with Crippen LogP contribution in [-0.2, 0) is 23.9 Å². The van der Waals surface area contributed by atoms with Crippen molar-refractivity contribution >= 4 is 17.7 Å². The van der Waals surface area contributed by atoms with Crippen molar-refractivity contribution < 1.29 is 23.9 Å². The standard InChI is InChI=1S/C15H20O5/c1-4-5-6-7-10-11(8-9-12(10)16)13(14(17)19-2)15(18)20-3/h10-11,13H,4,7-9H2,1-3H3. The minimum atomic E-state index is -1.04. The van der Waals surface area contributed by atoms with Gasteiger partial charge in [0.05, 0.1) is 14.2 Å². The fourth-order valence-electron chi connectivity index (χ4n) is 2.61. The summed E-state index contributed by atoms with van der Waals surface area (Å²) in [7, 11) is 2.45. The smallest absolute Gasteiger partial charge is 0.320 e. The second kappa shape index (κ2) is 7.68. The molecule has 110 valence electrons. The first-order chi connectivity index (χ1) is 9.56. The molecule has 0 spiro atoms. The molecule has 1 rings (SSSR count). The summed E-state index contributed by atoms with van der Waals surface area (Å²) >= 11 is 0. The van der Waals surface area contributed by atoms with Crippen molar-refractivity contribution in [1.29, 1.82) is 0 Å². The Labute approximate surface area is 119 Å². The molecule has 0 N–H and O–H groups in total. The maximum absolute atomic E-state index is 11.9. The average Bonchev–Trinajstić information content (AvgIpc) is 2.80. The van der Waals surface area contributed by atoms with Crippen molar-refractivity contribution in [3.05, 3.63) is 0 Å². The zero-order chi connectivity index (χ0) is 15.1. The lowest BCUT2D eigenvalue weighted by Gasteiger charge is -2.22. The predicted octanol–water partition coefficient (Wildman–Crippen LogP) is 1.35. The molecule has 5 nitrogen and oxygen atoms in total. The molecule has 2 unspecified atom stereocenters. The lowest BCUT2D eigenvalue weighted by molar-refractivity contribution is -0.162. The topological polar surface area (TPSA) is 69.7 Å². The molecule has 0 heterocycles. The molecule has 0 aromatic carbocycles. The Bertz CT molecular complexity index is 427. The van der Waals surface area contributed by atoms with Gasteiger partial charge in [0, 0.05) is 25.2 Å². The number of ether oxygens (including phenoxy) is 2. The first kappa shape index (κ1) is 16.2. The molecule has 0 saturated heterocycles. The molecule has 0 bridgehead atoms. The highest BCUT2D eigenvalue weighted by atomic mass is 16.5. The Hall–Kier alpha value is -1.83. The Balaban J connectivity index is 2.95. The molecule has 5 heteroatoms. The quantitative estimate of drug-likeness (QED) is 0.441. The summed E-state index contributed by atoms with van der Waals surface area (Å²) in [6, 6.07) is 0. The molecule has 0 aliphatic heterocycles. The number of rotatable bonds is 4. The number of ketones is 1. The normalized spacial score (nSPS) is 21.3. The van der Waals surface area contributed by atoms with Gasteiger partial charge in [0.1, 0.15) is 5.78 Å². The van der Waals surface area contributed by atoms with E-state index in [1.54, 1.807) is 0 Å². The van der Waals surface area contributed by atoms with Crippen LogP contribution in [-0.4, -0.2) is 31.9 Å². The van der Waals surface area contributed by atoms with E-state index in [4.69, 9.17) is 0 Å². The number of hydrogen-bond donors (Lipinski definition) is 0. The van der Waals surface area contributed by atoms with E-state index in [1.165, 1.54) is 14.2 Å². The van der Waals surface area contributed by atoms with Crippen molar-refractivity contribution in [2.24, 2.45) is 17.8 Å². The first-order valence-electron chi connectivity index (χ1n) is 6.70. The Morgan fingerprint density at radius 3 is 2.35 bits per heavy atom. The van der Waals surface area contributed by atoms with Gasteiger partial charge < -0.3 is 9.47 Å². The molecule has 0 radical (unpaired) electrons. The highest BCUT2D eigenvalue weighted by molar-refractivity contribution is 5.97. The van der Waals surface area contributed by atoms with Crippen molar-refractivity contribution in [3.8, 4) is 11.8 Å². The van der Waals surface area contributed by atoms with Crippen LogP contribution in [0.3, 0.4) is 0 Å². The van der Waals surface area contributed by atoms with Crippen LogP contribution in [0.25, 0.3) is 0 Å². The summed E-state index contributed by atoms with van der Waals surface area (Å²) in [6.07, 6.45) is 1.95. The lowest BCUT2D eigenvalue weighted by Crippen LogP contribution is -2.36. The van der Waals surface area contributed by atoms with E-state index >= 15 is 0 Å². The second-order valence-electron chi connectivity index (χ2n) is 4.71. The Kier molecular flexibility index (Phi) is 6.23. The zero-order valence-corrected chi connectivity index (χ0v) is 12.1. The van der Waals surface area contributed by atoms with Crippen molar-refractivity contribution in [1.82, 2.24) is 0 Å². The van der Waals surface area contributed by atoms with Crippen LogP contribution in [0.15, 0.2) is 0 Å². The second-order valence-corrected chi connectivity index (χ2v) is 4.71. The molecule has 1 aliphatic rings. The van der Waals surface area contributed by atoms with Crippen molar-refractivity contribution in [2.45, 2.75) is 32.6 Å². The molecule has 0 aromatic heterocycles. The summed E-state index contributed by atoms with van der Waals surface area (Å²) in [5.74, 6) is 2.79. The first-order valence-corrected chi connectivity index (χ1v) is 6.70. The van der Waals surface area contributed by atoms with Crippen molar-refractivity contribution in [3.63, 3.8) is 0 Å². The van der Waals surface area contributed by atoms with Gasteiger partial charge in [-0.25, -0.2) is 0 Å². The van der Waals surface area contributed by atoms with Crippen LogP contribution >= 0.6 is 0 Å². The fraction of sp³-hybridized carbons (Fsp3) is 0.667. The SMILES string of the molecule is CCC#CCC1C(=O)CCC1C(C(=O)OC)C(=O)OC. The lowest BCUT2D eigenvalue weighted by atomic mass is 9.82. The third-order valence-corrected chi connectivity index (χ3v) is 3.62. The molecular formula is C15H20O5. The zero-order valence-electron chi connectivity index (χ0n) is 12.1. The van der Waals surface area contributed by atoms with Gasteiger partial charge in [0.15, 0.2) is 5.92 Å². The Morgan fingerprint density at radius 1 is 1.25 bits per heavy atom. The van der Waals surface area contributed by atoms with E-state index in [2.05, 4.69) is 21.3 Å². The number of carbonyl (C=O) groups is 3. The third-order valence-electron chi connectivity index (χ3n) is 3.62. The van der Waals surface area contributed by atoms with Gasteiger partial charge in [-0.1, -0.05) is 6.92 Å². The van der Waals surface area contributed by atoms with Gasteiger partial charge in [-0.15, -0.1) is 11.8 Å². The molecule has 2 atom stereocenters. The number of hydrogen-bond acceptors (Lipinski definition) is 5. The molecular weight excluding hydrogens is 260 g/mol. The Morgan fingerprint density at radius 2 is 1.85 bits per heavy atom. The minimum Gasteiger partial charge on any atom is -0.468 e. The maximum Gasteiger partial charge on any atom is 0.320 e. The number of carbonyl (C=O) groups excluding carboxylic acids is 3. The molecule has 1 saturated carbocycles. The van der Waals surface area contributed by atoms with E-state index in [9.17, 15) is 14.4 Å². The summed E-state index contributed by atoms with van der Waals surface area (Å²) in [4.78, 5) is 35.6. The van der Waals surface area contributed by atoms with Crippen molar-refractivity contribution in [2.75, 3.05) is 14.2 Å². The molecule has 20 heavy (non-hydrogen) atoms. The van der Waals surface area contributed by atoms with Crippen LogP contribution in [0, 0.1) is 29.6 Å². The van der Waals surface area contributed by atoms with Crippen LogP contribution in [0.1, 0.15) is 32.6 Å². The van der Waals surface area contributed by atoms with E-state index in [-0.39, 0.29) is 11.7 Å². The van der Waals surface area contributed by atoms with Crippen LogP contribution in [0.4, 0.5) is 0 Å². The van der Waals surface area contributed by atoms with E-state index in [0.29, 0.717) is 25.7 Å². The number of Topliss-reactive ketones (excluding diaryl/α,β-unsaturated/α-hetero) is 1.